The fourth-order valence-electron chi connectivity index (χ4n) is 1.04. The third-order valence-electron chi connectivity index (χ3n) is 1.74. The van der Waals surface area contributed by atoms with Crippen LogP contribution in [-0.2, 0) is 4.94 Å². The predicted octanol–water partition coefficient (Wildman–Crippen LogP) is 1.42. The van der Waals surface area contributed by atoms with E-state index in [0.29, 0.717) is 0 Å². The fraction of sp³-hybridized carbons (Fsp3) is 0. The van der Waals surface area contributed by atoms with E-state index in [-0.39, 0.29) is 5.69 Å². The summed E-state index contributed by atoms with van der Waals surface area (Å²) in [4.78, 5) is 23.7. The maximum Gasteiger partial charge on any atom is 0.352 e. The highest BCUT2D eigenvalue weighted by atomic mass is 17.0. The largest absolute Gasteiger partial charge is 0.352 e. The van der Waals surface area contributed by atoms with E-state index >= 15 is 0 Å². The van der Waals surface area contributed by atoms with Crippen molar-refractivity contribution in [1.29, 1.82) is 0 Å². The molecule has 1 radical (unpaired) electrons. The van der Waals surface area contributed by atoms with Crippen molar-refractivity contribution >= 4 is 17.1 Å². The number of nitro benzene ring substituents is 2. The van der Waals surface area contributed by atoms with Crippen LogP contribution in [0.5, 0.6) is 0 Å². The van der Waals surface area contributed by atoms with Gasteiger partial charge in [-0.05, 0) is 5.17 Å². The van der Waals surface area contributed by atoms with Gasteiger partial charge in [0.15, 0.2) is 0 Å². The molecule has 0 spiro atoms. The number of benzene rings is 1. The van der Waals surface area contributed by atoms with Gasteiger partial charge in [-0.3, -0.25) is 20.2 Å². The molecule has 1 saturated heterocycles. The summed E-state index contributed by atoms with van der Waals surface area (Å²) in [7, 11) is 0. The lowest BCUT2D eigenvalue weighted by Gasteiger charge is -1.94. The molecular weight excluding hydrogens is 208 g/mol. The first kappa shape index (κ1) is 9.45. The first-order valence-corrected chi connectivity index (χ1v) is 3.70. The Kier molecular flexibility index (Phi) is 2.04. The second kappa shape index (κ2) is 3.24. The minimum atomic E-state index is -0.828. The van der Waals surface area contributed by atoms with Crippen LogP contribution in [0.4, 0.5) is 17.1 Å². The van der Waals surface area contributed by atoms with Crippen LogP contribution in [0.1, 0.15) is 0 Å². The van der Waals surface area contributed by atoms with Crippen LogP contribution in [-0.4, -0.2) is 9.85 Å². The minimum Gasteiger partial charge on any atom is -0.258 e. The average molecular weight is 211 g/mol. The highest BCUT2D eigenvalue weighted by Crippen LogP contribution is 2.35. The molecule has 1 fully saturated rings. The van der Waals surface area contributed by atoms with Gasteiger partial charge in [0.2, 0.25) is 5.69 Å². The molecule has 1 aliphatic rings. The van der Waals surface area contributed by atoms with Crippen molar-refractivity contribution in [3.8, 4) is 0 Å². The molecule has 1 aromatic rings. The number of nitrogens with zero attached hydrogens (tertiary/aromatic N) is 4. The fourth-order valence-corrected chi connectivity index (χ4v) is 1.04. The van der Waals surface area contributed by atoms with Crippen LogP contribution in [0.2, 0.25) is 0 Å². The lowest BCUT2D eigenvalue weighted by molar-refractivity contribution is -0.422. The Morgan fingerprint density at radius 3 is 2.27 bits per heavy atom. The van der Waals surface area contributed by atoms with Crippen LogP contribution in [0.3, 0.4) is 0 Å². The summed E-state index contributed by atoms with van der Waals surface area (Å²) < 4.78 is 0. The molecule has 1 unspecified atom stereocenters. The van der Waals surface area contributed by atoms with Crippen molar-refractivity contribution in [3.05, 3.63) is 44.0 Å². The molecular formula is C6H3N4O5. The first-order valence-electron chi connectivity index (χ1n) is 3.70. The van der Waals surface area contributed by atoms with Gasteiger partial charge in [-0.15, -0.1) is 0 Å². The van der Waals surface area contributed by atoms with Gasteiger partial charge in [0, 0.05) is 12.1 Å². The van der Waals surface area contributed by atoms with E-state index in [4.69, 9.17) is 0 Å². The Hall–Kier alpha value is -2.10. The van der Waals surface area contributed by atoms with Crippen LogP contribution < -0.4 is 5.17 Å². The third-order valence-corrected chi connectivity index (χ3v) is 1.74. The zero-order valence-corrected chi connectivity index (χ0v) is 7.06. The normalized spacial score (nSPS) is 18.5. The van der Waals surface area contributed by atoms with Crippen molar-refractivity contribution in [3.63, 3.8) is 0 Å². The molecule has 0 N–H and O–H groups in total. The van der Waals surface area contributed by atoms with Crippen LogP contribution in [0.15, 0.2) is 18.2 Å². The second-order valence-corrected chi connectivity index (χ2v) is 2.62. The van der Waals surface area contributed by atoms with E-state index in [9.17, 15) is 20.2 Å². The molecule has 0 aromatic heterocycles. The molecule has 9 nitrogen and oxygen atoms in total. The molecule has 0 bridgehead atoms. The van der Waals surface area contributed by atoms with E-state index in [2.05, 4.69) is 10.5 Å². The van der Waals surface area contributed by atoms with E-state index in [1.54, 1.807) is 0 Å². The maximum atomic E-state index is 10.5. The summed E-state index contributed by atoms with van der Waals surface area (Å²) in [6.07, 6.45) is 0. The van der Waals surface area contributed by atoms with Gasteiger partial charge < -0.3 is 0 Å². The Labute approximate surface area is 82.0 Å². The first-order chi connectivity index (χ1) is 7.09. The maximum absolute atomic E-state index is 10.5. The van der Waals surface area contributed by atoms with Crippen LogP contribution in [0.25, 0.3) is 5.59 Å². The topological polar surface area (TPSA) is 119 Å². The highest BCUT2D eigenvalue weighted by Gasteiger charge is 2.31. The van der Waals surface area contributed by atoms with E-state index in [1.807, 2.05) is 0 Å². The van der Waals surface area contributed by atoms with Gasteiger partial charge in [-0.1, -0.05) is 0 Å². The molecule has 15 heavy (non-hydrogen) atoms. The molecule has 2 rings (SSSR count). The quantitative estimate of drug-likeness (QED) is 0.324. The highest BCUT2D eigenvalue weighted by molar-refractivity contribution is 5.60. The summed E-state index contributed by atoms with van der Waals surface area (Å²) in [5, 5.41) is 22.0. The molecule has 1 heterocycles. The van der Waals surface area contributed by atoms with Gasteiger partial charge in [-0.25, -0.2) is 0 Å². The molecule has 9 heteroatoms. The lowest BCUT2D eigenvalue weighted by Crippen LogP contribution is -1.98. The Morgan fingerprint density at radius 1 is 1.20 bits per heavy atom. The smallest absolute Gasteiger partial charge is 0.258 e. The lowest BCUT2D eigenvalue weighted by atomic mass is 10.2. The van der Waals surface area contributed by atoms with Gasteiger partial charge in [0.25, 0.3) is 0 Å². The number of nitro groups is 2. The second-order valence-electron chi connectivity index (χ2n) is 2.62. The van der Waals surface area contributed by atoms with Gasteiger partial charge in [0.1, 0.15) is 0 Å². The number of anilines is 1. The van der Waals surface area contributed by atoms with Crippen molar-refractivity contribution in [1.82, 2.24) is 5.17 Å². The van der Waals surface area contributed by atoms with Gasteiger partial charge in [-0.2, -0.15) is 10.5 Å². The zero-order chi connectivity index (χ0) is 11.0. The third kappa shape index (κ3) is 1.74. The molecule has 77 valence electrons. The SMILES string of the molecule is O=[N+]([O-])c1ccc([N+]2[N-]O2)cc1[N+](=O)[O-]. The molecule has 1 aliphatic heterocycles. The van der Waals surface area contributed by atoms with E-state index in [1.165, 1.54) is 6.07 Å². The molecule has 0 saturated carbocycles. The standard InChI is InChI=1S/C6H3N4O5/c11-9(12)5-2-1-4(8-7-15-8)3-6(5)10(13)14/h1-3H. The number of hydrogen-bond donors (Lipinski definition) is 0. The molecule has 1 aromatic carbocycles. The van der Waals surface area contributed by atoms with E-state index < -0.39 is 21.2 Å². The van der Waals surface area contributed by atoms with Crippen molar-refractivity contribution < 1.29 is 14.8 Å². The summed E-state index contributed by atoms with van der Waals surface area (Å²) >= 11 is 0. The van der Waals surface area contributed by atoms with Crippen molar-refractivity contribution in [2.24, 2.45) is 0 Å². The average Bonchev–Trinajstić information content (AvgIpc) is 2.99. The Morgan fingerprint density at radius 2 is 1.80 bits per heavy atom. The molecule has 0 amide bonds. The predicted molar refractivity (Wildman–Crippen MR) is 46.0 cm³/mol. The number of hydrogen-bond acceptors (Lipinski definition) is 6. The van der Waals surface area contributed by atoms with Crippen molar-refractivity contribution in [2.75, 3.05) is 0 Å². The van der Waals surface area contributed by atoms with Gasteiger partial charge in [0.05, 0.1) is 15.9 Å². The summed E-state index contributed by atoms with van der Waals surface area (Å²) in [6.45, 7) is 0. The van der Waals surface area contributed by atoms with Crippen LogP contribution in [0, 0.1) is 20.2 Å². The Balaban J connectivity index is 2.48. The van der Waals surface area contributed by atoms with E-state index in [0.717, 1.165) is 17.3 Å². The summed E-state index contributed by atoms with van der Waals surface area (Å²) in [6, 6.07) is 3.36. The molecule has 1 atom stereocenters. The monoisotopic (exact) mass is 211 g/mol. The minimum absolute atomic E-state index is 0.271. The summed E-state index contributed by atoms with van der Waals surface area (Å²) in [5.74, 6) is 0. The van der Waals surface area contributed by atoms with Gasteiger partial charge >= 0.3 is 11.4 Å². The number of rotatable bonds is 3. The van der Waals surface area contributed by atoms with Crippen LogP contribution >= 0.6 is 0 Å². The van der Waals surface area contributed by atoms with Crippen molar-refractivity contribution in [2.45, 2.75) is 0 Å². The summed E-state index contributed by atoms with van der Waals surface area (Å²) in [5.41, 5.74) is 2.40. The zero-order valence-electron chi connectivity index (χ0n) is 7.06. The Bertz CT molecular complexity index is 443. The molecule has 0 aliphatic carbocycles.